The highest BCUT2D eigenvalue weighted by atomic mass is 32.1. The molecule has 0 bridgehead atoms. The highest BCUT2D eigenvalue weighted by molar-refractivity contribution is 7.05. The van der Waals surface area contributed by atoms with Crippen molar-refractivity contribution in [1.29, 1.82) is 0 Å². The Morgan fingerprint density at radius 2 is 2.14 bits per heavy atom. The fourth-order valence-corrected chi connectivity index (χ4v) is 3.76. The molecule has 3 N–H and O–H groups in total. The van der Waals surface area contributed by atoms with Crippen LogP contribution >= 0.6 is 11.5 Å². The molecule has 1 fully saturated rings. The van der Waals surface area contributed by atoms with Gasteiger partial charge in [0.25, 0.3) is 0 Å². The average Bonchev–Trinajstić information content (AvgIpc) is 2.87. The van der Waals surface area contributed by atoms with Gasteiger partial charge in [0.1, 0.15) is 0 Å². The molecule has 1 aromatic heterocycles. The number of benzene rings is 1. The summed E-state index contributed by atoms with van der Waals surface area (Å²) in [7, 11) is 0. The van der Waals surface area contributed by atoms with Crippen molar-refractivity contribution >= 4 is 11.5 Å². The van der Waals surface area contributed by atoms with E-state index in [4.69, 9.17) is 5.84 Å². The second kappa shape index (κ2) is 6.22. The molecule has 21 heavy (non-hydrogen) atoms. The number of aromatic nitrogens is 2. The smallest absolute Gasteiger partial charge is 0.0837 e. The van der Waals surface area contributed by atoms with E-state index in [1.165, 1.54) is 41.9 Å². The molecule has 3 rings (SSSR count). The van der Waals surface area contributed by atoms with Crippen molar-refractivity contribution in [1.82, 2.24) is 15.0 Å². The van der Waals surface area contributed by atoms with Crippen LogP contribution in [-0.2, 0) is 0 Å². The van der Waals surface area contributed by atoms with Crippen LogP contribution in [0.1, 0.15) is 72.7 Å². The van der Waals surface area contributed by atoms with Gasteiger partial charge in [0.05, 0.1) is 16.6 Å². The molecule has 0 aliphatic heterocycles. The lowest BCUT2D eigenvalue weighted by Crippen LogP contribution is -2.29. The van der Waals surface area contributed by atoms with E-state index in [9.17, 15) is 0 Å². The van der Waals surface area contributed by atoms with Gasteiger partial charge in [0.15, 0.2) is 0 Å². The minimum absolute atomic E-state index is 0.0255. The minimum Gasteiger partial charge on any atom is -0.271 e. The second-order valence-corrected chi connectivity index (χ2v) is 6.86. The molecule has 112 valence electrons. The number of hydrogen-bond donors (Lipinski definition) is 2. The Labute approximate surface area is 129 Å². The normalized spacial score (nSPS) is 17.0. The predicted octanol–water partition coefficient (Wildman–Crippen LogP) is 3.48. The van der Waals surface area contributed by atoms with Gasteiger partial charge < -0.3 is 0 Å². The first-order valence-corrected chi connectivity index (χ1v) is 8.36. The highest BCUT2D eigenvalue weighted by Crippen LogP contribution is 2.38. The number of hydrazine groups is 1. The summed E-state index contributed by atoms with van der Waals surface area (Å²) >= 11 is 1.44. The highest BCUT2D eigenvalue weighted by Gasteiger charge is 2.24. The summed E-state index contributed by atoms with van der Waals surface area (Å²) in [5, 5.41) is 4.27. The molecule has 1 aromatic carbocycles. The standard InChI is InChI=1S/C16H22N4S/c1-10(2)14-16(21-20-19-14)15(18-17)13-8-4-7-12(9-13)11-5-3-6-11/h4,7-11,15,18H,3,5-6,17H2,1-2H3. The zero-order chi connectivity index (χ0) is 14.8. The Balaban J connectivity index is 1.94. The fraction of sp³-hybridized carbons (Fsp3) is 0.500. The van der Waals surface area contributed by atoms with Crippen LogP contribution in [0.3, 0.4) is 0 Å². The van der Waals surface area contributed by atoms with Crippen LogP contribution in [0, 0.1) is 0 Å². The van der Waals surface area contributed by atoms with E-state index in [1.54, 1.807) is 0 Å². The number of nitrogens with two attached hydrogens (primary N) is 1. The minimum atomic E-state index is -0.0255. The molecule has 1 aliphatic rings. The molecule has 0 radical (unpaired) electrons. The molecule has 0 saturated heterocycles. The van der Waals surface area contributed by atoms with Gasteiger partial charge in [-0.25, -0.2) is 5.43 Å². The number of hydrogen-bond acceptors (Lipinski definition) is 5. The van der Waals surface area contributed by atoms with Crippen LogP contribution in [0.4, 0.5) is 0 Å². The zero-order valence-electron chi connectivity index (χ0n) is 12.5. The van der Waals surface area contributed by atoms with Crippen LogP contribution in [0.15, 0.2) is 24.3 Å². The van der Waals surface area contributed by atoms with Gasteiger partial charge in [0.2, 0.25) is 0 Å². The molecule has 1 atom stereocenters. The quantitative estimate of drug-likeness (QED) is 0.655. The van der Waals surface area contributed by atoms with E-state index in [1.807, 2.05) is 0 Å². The lowest BCUT2D eigenvalue weighted by atomic mass is 9.79. The Hall–Kier alpha value is -1.30. The topological polar surface area (TPSA) is 63.8 Å². The van der Waals surface area contributed by atoms with Crippen molar-refractivity contribution in [3.8, 4) is 0 Å². The third kappa shape index (κ3) is 2.86. The van der Waals surface area contributed by atoms with Crippen molar-refractivity contribution in [3.63, 3.8) is 0 Å². The van der Waals surface area contributed by atoms with Crippen molar-refractivity contribution in [2.75, 3.05) is 0 Å². The molecule has 0 amide bonds. The summed E-state index contributed by atoms with van der Waals surface area (Å²) in [6.45, 7) is 4.27. The monoisotopic (exact) mass is 302 g/mol. The summed E-state index contributed by atoms with van der Waals surface area (Å²) in [6.07, 6.45) is 3.97. The summed E-state index contributed by atoms with van der Waals surface area (Å²) in [5.74, 6) is 6.92. The Kier molecular flexibility index (Phi) is 4.33. The Morgan fingerprint density at radius 3 is 2.76 bits per heavy atom. The molecule has 1 unspecified atom stereocenters. The second-order valence-electron chi connectivity index (χ2n) is 6.07. The van der Waals surface area contributed by atoms with E-state index < -0.39 is 0 Å². The molecule has 5 heteroatoms. The van der Waals surface area contributed by atoms with Gasteiger partial charge in [-0.1, -0.05) is 49.0 Å². The molecule has 4 nitrogen and oxygen atoms in total. The van der Waals surface area contributed by atoms with Crippen LogP contribution in [0.2, 0.25) is 0 Å². The maximum Gasteiger partial charge on any atom is 0.0837 e. The van der Waals surface area contributed by atoms with Crippen LogP contribution in [-0.4, -0.2) is 9.59 Å². The van der Waals surface area contributed by atoms with E-state index in [-0.39, 0.29) is 6.04 Å². The predicted molar refractivity (Wildman–Crippen MR) is 86.2 cm³/mol. The average molecular weight is 302 g/mol. The van der Waals surface area contributed by atoms with Crippen LogP contribution < -0.4 is 11.3 Å². The van der Waals surface area contributed by atoms with Crippen molar-refractivity contribution < 1.29 is 0 Å². The summed E-state index contributed by atoms with van der Waals surface area (Å²) in [6, 6.07) is 8.77. The van der Waals surface area contributed by atoms with E-state index in [2.05, 4.69) is 53.1 Å². The number of nitrogens with zero attached hydrogens (tertiary/aromatic N) is 2. The summed E-state index contributed by atoms with van der Waals surface area (Å²) in [4.78, 5) is 1.12. The first kappa shape index (κ1) is 14.6. The third-order valence-corrected chi connectivity index (χ3v) is 5.14. The van der Waals surface area contributed by atoms with E-state index in [0.717, 1.165) is 16.5 Å². The van der Waals surface area contributed by atoms with E-state index >= 15 is 0 Å². The van der Waals surface area contributed by atoms with Crippen LogP contribution in [0.5, 0.6) is 0 Å². The zero-order valence-corrected chi connectivity index (χ0v) is 13.4. The third-order valence-electron chi connectivity index (χ3n) is 4.34. The van der Waals surface area contributed by atoms with Gasteiger partial charge in [-0.15, -0.1) is 5.10 Å². The molecule has 2 aromatic rings. The lowest BCUT2D eigenvalue weighted by Gasteiger charge is -2.27. The molecular formula is C16H22N4S. The van der Waals surface area contributed by atoms with Gasteiger partial charge in [-0.2, -0.15) is 0 Å². The summed E-state index contributed by atoms with van der Waals surface area (Å²) < 4.78 is 4.12. The lowest BCUT2D eigenvalue weighted by molar-refractivity contribution is 0.419. The van der Waals surface area contributed by atoms with Crippen molar-refractivity contribution in [2.45, 2.75) is 51.0 Å². The SMILES string of the molecule is CC(C)c1nnsc1C(NN)c1cccc(C2CCC2)c1. The molecule has 1 saturated carbocycles. The molecule has 0 spiro atoms. The largest absolute Gasteiger partial charge is 0.271 e. The maximum atomic E-state index is 5.84. The Morgan fingerprint density at radius 1 is 1.33 bits per heavy atom. The van der Waals surface area contributed by atoms with Crippen molar-refractivity contribution in [3.05, 3.63) is 46.0 Å². The van der Waals surface area contributed by atoms with Gasteiger partial charge in [-0.05, 0) is 47.3 Å². The number of nitrogens with one attached hydrogen (secondary N) is 1. The van der Waals surface area contributed by atoms with Gasteiger partial charge in [-0.3, -0.25) is 5.84 Å². The number of rotatable bonds is 5. The van der Waals surface area contributed by atoms with Gasteiger partial charge >= 0.3 is 0 Å². The summed E-state index contributed by atoms with van der Waals surface area (Å²) in [5.41, 5.74) is 6.62. The van der Waals surface area contributed by atoms with Crippen molar-refractivity contribution in [2.24, 2.45) is 5.84 Å². The maximum absolute atomic E-state index is 5.84. The first-order chi connectivity index (χ1) is 10.2. The first-order valence-electron chi connectivity index (χ1n) is 7.58. The van der Waals surface area contributed by atoms with E-state index in [0.29, 0.717) is 5.92 Å². The molecule has 1 heterocycles. The molecular weight excluding hydrogens is 280 g/mol. The Bertz CT molecular complexity index is 604. The van der Waals surface area contributed by atoms with Gasteiger partial charge in [0, 0.05) is 0 Å². The molecule has 1 aliphatic carbocycles. The fourth-order valence-electron chi connectivity index (χ4n) is 2.86. The van der Waals surface area contributed by atoms with Crippen LogP contribution in [0.25, 0.3) is 0 Å².